The van der Waals surface area contributed by atoms with E-state index >= 15 is 0 Å². The van der Waals surface area contributed by atoms with Crippen LogP contribution in [0.1, 0.15) is 18.4 Å². The van der Waals surface area contributed by atoms with Gasteiger partial charge in [-0.2, -0.15) is 4.98 Å². The Morgan fingerprint density at radius 1 is 1.19 bits per heavy atom. The largest absolute Gasteiger partial charge is 0.369 e. The molecule has 2 heterocycles. The number of hydrogen-bond acceptors (Lipinski definition) is 7. The van der Waals surface area contributed by atoms with Crippen molar-refractivity contribution < 1.29 is 9.18 Å². The maximum Gasteiger partial charge on any atom is 0.229 e. The van der Waals surface area contributed by atoms with E-state index < -0.39 is 17.6 Å². The van der Waals surface area contributed by atoms with Gasteiger partial charge in [-0.15, -0.1) is 0 Å². The minimum Gasteiger partial charge on any atom is -0.369 e. The first-order chi connectivity index (χ1) is 15.4. The number of nitrogens with two attached hydrogens (primary N) is 1. The van der Waals surface area contributed by atoms with E-state index in [4.69, 9.17) is 5.73 Å². The molecule has 8 nitrogen and oxygen atoms in total. The lowest BCUT2D eigenvalue weighted by molar-refractivity contribution is -0.122. The maximum absolute atomic E-state index is 14.4. The lowest BCUT2D eigenvalue weighted by Crippen LogP contribution is -2.44. The Morgan fingerprint density at radius 3 is 2.66 bits per heavy atom. The van der Waals surface area contributed by atoms with Gasteiger partial charge in [-0.25, -0.2) is 9.37 Å². The molecular formula is C23H30FN7O. The van der Waals surface area contributed by atoms with Gasteiger partial charge >= 0.3 is 0 Å². The smallest absolute Gasteiger partial charge is 0.229 e. The molecule has 1 aromatic carbocycles. The predicted octanol–water partition coefficient (Wildman–Crippen LogP) is 2.65. The monoisotopic (exact) mass is 439 g/mol. The van der Waals surface area contributed by atoms with Crippen LogP contribution in [0.2, 0.25) is 0 Å². The van der Waals surface area contributed by atoms with Crippen molar-refractivity contribution >= 4 is 29.0 Å². The van der Waals surface area contributed by atoms with Gasteiger partial charge in [0.15, 0.2) is 11.6 Å². The van der Waals surface area contributed by atoms with E-state index in [1.165, 1.54) is 5.69 Å². The van der Waals surface area contributed by atoms with Crippen LogP contribution < -0.4 is 21.3 Å². The standard InChI is InChI=1S/C23H30FN7O/c1-15-13-16(7-8-20(15)31-11-9-30(2)10-12-31)27-23-26-14-18(24)22(29-23)28-19-6-4-3-5-17(19)21(25)32/h3-4,7-8,13-14,17,19H,5-6,9-12H2,1-2H3,(H2,25,32)(H2,26,27,28,29)/t17-,19+/m0/s1. The molecule has 0 unspecified atom stereocenters. The van der Waals surface area contributed by atoms with Gasteiger partial charge in [0.05, 0.1) is 12.1 Å². The van der Waals surface area contributed by atoms with Crippen LogP contribution in [0.25, 0.3) is 0 Å². The van der Waals surface area contributed by atoms with Gasteiger partial charge in [-0.1, -0.05) is 12.2 Å². The summed E-state index contributed by atoms with van der Waals surface area (Å²) >= 11 is 0. The summed E-state index contributed by atoms with van der Waals surface area (Å²) in [6.07, 6.45) is 6.11. The number of benzene rings is 1. The number of likely N-dealkylation sites (N-methyl/N-ethyl adjacent to an activating group) is 1. The summed E-state index contributed by atoms with van der Waals surface area (Å²) in [5.74, 6) is -1.05. The zero-order valence-electron chi connectivity index (χ0n) is 18.5. The molecule has 9 heteroatoms. The van der Waals surface area contributed by atoms with Crippen LogP contribution in [0.15, 0.2) is 36.5 Å². The third kappa shape index (κ3) is 4.99. The van der Waals surface area contributed by atoms with E-state index in [1.54, 1.807) is 0 Å². The second kappa shape index (κ2) is 9.52. The maximum atomic E-state index is 14.4. The molecule has 170 valence electrons. The molecule has 1 aliphatic heterocycles. The summed E-state index contributed by atoms with van der Waals surface area (Å²) in [6, 6.07) is 5.81. The highest BCUT2D eigenvalue weighted by Gasteiger charge is 2.28. The molecule has 1 amide bonds. The molecule has 1 saturated heterocycles. The van der Waals surface area contributed by atoms with Gasteiger partial charge in [0.1, 0.15) is 0 Å². The normalized spacial score (nSPS) is 21.4. The van der Waals surface area contributed by atoms with Crippen molar-refractivity contribution in [2.45, 2.75) is 25.8 Å². The average Bonchev–Trinajstić information content (AvgIpc) is 2.77. The first kappa shape index (κ1) is 22.0. The third-order valence-corrected chi connectivity index (χ3v) is 6.16. The Hall–Kier alpha value is -3.20. The first-order valence-electron chi connectivity index (χ1n) is 11.0. The van der Waals surface area contributed by atoms with Crippen molar-refractivity contribution in [2.75, 3.05) is 48.8 Å². The number of allylic oxidation sites excluding steroid dienone is 1. The molecule has 1 fully saturated rings. The van der Waals surface area contributed by atoms with Crippen molar-refractivity contribution in [3.8, 4) is 0 Å². The van der Waals surface area contributed by atoms with E-state index in [2.05, 4.69) is 50.4 Å². The zero-order chi connectivity index (χ0) is 22.7. The topological polar surface area (TPSA) is 99.4 Å². The molecule has 1 aromatic heterocycles. The quantitative estimate of drug-likeness (QED) is 0.595. The molecule has 32 heavy (non-hydrogen) atoms. The Kier molecular flexibility index (Phi) is 6.55. The number of piperazine rings is 1. The summed E-state index contributed by atoms with van der Waals surface area (Å²) in [5, 5.41) is 6.20. The predicted molar refractivity (Wildman–Crippen MR) is 125 cm³/mol. The number of rotatable bonds is 6. The number of carbonyl (C=O) groups excluding carboxylic acids is 1. The van der Waals surface area contributed by atoms with Gasteiger partial charge in [0.2, 0.25) is 11.9 Å². The van der Waals surface area contributed by atoms with E-state index in [9.17, 15) is 9.18 Å². The Morgan fingerprint density at radius 2 is 1.94 bits per heavy atom. The summed E-state index contributed by atoms with van der Waals surface area (Å²) < 4.78 is 14.4. The minimum atomic E-state index is -0.574. The van der Waals surface area contributed by atoms with Crippen molar-refractivity contribution in [1.82, 2.24) is 14.9 Å². The zero-order valence-corrected chi connectivity index (χ0v) is 18.5. The third-order valence-electron chi connectivity index (χ3n) is 6.16. The fourth-order valence-corrected chi connectivity index (χ4v) is 4.26. The number of aryl methyl sites for hydroxylation is 1. The summed E-state index contributed by atoms with van der Waals surface area (Å²) in [5.41, 5.74) is 8.71. The summed E-state index contributed by atoms with van der Waals surface area (Å²) in [7, 11) is 2.14. The Bertz CT molecular complexity index is 1000. The van der Waals surface area contributed by atoms with E-state index in [1.807, 2.05) is 24.3 Å². The van der Waals surface area contributed by atoms with Crippen LogP contribution in [0, 0.1) is 18.7 Å². The number of carbonyl (C=O) groups is 1. The number of anilines is 4. The SMILES string of the molecule is Cc1cc(Nc2ncc(F)c(N[C@@H]3CC=CC[C@@H]3C(N)=O)n2)ccc1N1CCN(C)CC1. The van der Waals surface area contributed by atoms with Crippen LogP contribution in [0.4, 0.5) is 27.5 Å². The second-order valence-corrected chi connectivity index (χ2v) is 8.51. The molecule has 0 radical (unpaired) electrons. The molecular weight excluding hydrogens is 409 g/mol. The summed E-state index contributed by atoms with van der Waals surface area (Å²) in [4.78, 5) is 24.8. The van der Waals surface area contributed by atoms with Gasteiger partial charge < -0.3 is 26.2 Å². The van der Waals surface area contributed by atoms with Crippen LogP contribution in [-0.4, -0.2) is 60.0 Å². The number of halogens is 1. The van der Waals surface area contributed by atoms with Gasteiger partial charge in [0, 0.05) is 43.6 Å². The van der Waals surface area contributed by atoms with Crippen molar-refractivity contribution in [1.29, 1.82) is 0 Å². The van der Waals surface area contributed by atoms with Crippen molar-refractivity contribution in [2.24, 2.45) is 11.7 Å². The second-order valence-electron chi connectivity index (χ2n) is 8.51. The van der Waals surface area contributed by atoms with Crippen molar-refractivity contribution in [3.63, 3.8) is 0 Å². The van der Waals surface area contributed by atoms with Crippen LogP contribution in [-0.2, 0) is 4.79 Å². The molecule has 0 spiro atoms. The molecule has 0 saturated carbocycles. The van der Waals surface area contributed by atoms with Crippen LogP contribution >= 0.6 is 0 Å². The molecule has 2 aliphatic rings. The Labute approximate surface area is 187 Å². The van der Waals surface area contributed by atoms with Gasteiger partial charge in [-0.3, -0.25) is 4.79 Å². The molecule has 0 bridgehead atoms. The first-order valence-corrected chi connectivity index (χ1v) is 11.0. The highest BCUT2D eigenvalue weighted by Crippen LogP contribution is 2.27. The van der Waals surface area contributed by atoms with E-state index in [0.29, 0.717) is 12.8 Å². The highest BCUT2D eigenvalue weighted by molar-refractivity contribution is 5.78. The number of amides is 1. The molecule has 4 N–H and O–H groups in total. The lowest BCUT2D eigenvalue weighted by atomic mass is 9.88. The molecule has 2 atom stereocenters. The molecule has 4 rings (SSSR count). The van der Waals surface area contributed by atoms with Crippen LogP contribution in [0.3, 0.4) is 0 Å². The van der Waals surface area contributed by atoms with Gasteiger partial charge in [-0.05, 0) is 50.6 Å². The average molecular weight is 440 g/mol. The molecule has 2 aromatic rings. The minimum absolute atomic E-state index is 0.0554. The molecule has 1 aliphatic carbocycles. The number of hydrogen-bond donors (Lipinski definition) is 3. The van der Waals surface area contributed by atoms with Crippen LogP contribution in [0.5, 0.6) is 0 Å². The van der Waals surface area contributed by atoms with Gasteiger partial charge in [0.25, 0.3) is 0 Å². The van der Waals surface area contributed by atoms with E-state index in [-0.39, 0.29) is 17.8 Å². The number of nitrogens with zero attached hydrogens (tertiary/aromatic N) is 4. The fourth-order valence-electron chi connectivity index (χ4n) is 4.26. The van der Waals surface area contributed by atoms with Crippen molar-refractivity contribution in [3.05, 3.63) is 47.9 Å². The summed E-state index contributed by atoms with van der Waals surface area (Å²) in [6.45, 7) is 6.18. The number of primary amides is 1. The van der Waals surface area contributed by atoms with E-state index in [0.717, 1.165) is 43.6 Å². The fraction of sp³-hybridized carbons (Fsp3) is 0.435. The number of aromatic nitrogens is 2. The number of nitrogens with one attached hydrogen (secondary N) is 2. The Balaban J connectivity index is 1.47. The lowest BCUT2D eigenvalue weighted by Gasteiger charge is -2.35. The highest BCUT2D eigenvalue weighted by atomic mass is 19.1.